The molecule has 0 atom stereocenters. The Hall–Kier alpha value is -1.95. The zero-order valence-corrected chi connectivity index (χ0v) is 10.1. The van der Waals surface area contributed by atoms with Gasteiger partial charge >= 0.3 is 0 Å². The lowest BCUT2D eigenvalue weighted by Gasteiger charge is -2.15. The van der Waals surface area contributed by atoms with Gasteiger partial charge in [0.05, 0.1) is 6.61 Å². The van der Waals surface area contributed by atoms with Crippen LogP contribution in [0.5, 0.6) is 17.2 Å². The van der Waals surface area contributed by atoms with Crippen LogP contribution in [0.2, 0.25) is 0 Å². The highest BCUT2D eigenvalue weighted by Gasteiger charge is 2.14. The highest BCUT2D eigenvalue weighted by Crippen LogP contribution is 2.34. The largest absolute Gasteiger partial charge is 0.484 e. The van der Waals surface area contributed by atoms with Gasteiger partial charge in [0.1, 0.15) is 5.75 Å². The van der Waals surface area contributed by atoms with E-state index in [1.54, 1.807) is 25.2 Å². The molecule has 1 aliphatic rings. The van der Waals surface area contributed by atoms with Gasteiger partial charge in [-0.1, -0.05) is 0 Å². The van der Waals surface area contributed by atoms with Crippen LogP contribution in [0.1, 0.15) is 0 Å². The Bertz CT molecular complexity index is 434. The van der Waals surface area contributed by atoms with E-state index in [1.165, 1.54) is 4.90 Å². The number of aliphatic hydroxyl groups excluding tert-OH is 1. The number of carbonyl (C=O) groups is 1. The molecule has 0 spiro atoms. The molecule has 1 heterocycles. The van der Waals surface area contributed by atoms with E-state index in [2.05, 4.69) is 0 Å². The van der Waals surface area contributed by atoms with E-state index in [-0.39, 0.29) is 25.9 Å². The van der Waals surface area contributed by atoms with Crippen LogP contribution in [0.15, 0.2) is 18.2 Å². The molecule has 0 unspecified atom stereocenters. The molecule has 0 aliphatic carbocycles. The van der Waals surface area contributed by atoms with Crippen LogP contribution in [-0.2, 0) is 4.79 Å². The fraction of sp³-hybridized carbons (Fsp3) is 0.417. The molecule has 0 fully saturated rings. The molecule has 0 bridgehead atoms. The maximum Gasteiger partial charge on any atom is 0.260 e. The summed E-state index contributed by atoms with van der Waals surface area (Å²) < 4.78 is 15.7. The van der Waals surface area contributed by atoms with Crippen molar-refractivity contribution in [1.29, 1.82) is 0 Å². The van der Waals surface area contributed by atoms with Gasteiger partial charge in [-0.3, -0.25) is 4.79 Å². The SMILES string of the molecule is CN(CCO)C(=O)COc1ccc2c(c1)OCO2. The molecule has 1 N–H and O–H groups in total. The Morgan fingerprint density at radius 2 is 2.22 bits per heavy atom. The predicted molar refractivity (Wildman–Crippen MR) is 62.8 cm³/mol. The quantitative estimate of drug-likeness (QED) is 0.814. The molecule has 1 aromatic rings. The number of fused-ring (bicyclic) bond motifs is 1. The summed E-state index contributed by atoms with van der Waals surface area (Å²) in [6.45, 7) is 0.364. The fourth-order valence-electron chi connectivity index (χ4n) is 1.50. The van der Waals surface area contributed by atoms with Crippen molar-refractivity contribution in [2.75, 3.05) is 33.6 Å². The average molecular weight is 253 g/mol. The summed E-state index contributed by atoms with van der Waals surface area (Å²) in [6.07, 6.45) is 0. The van der Waals surface area contributed by atoms with Gasteiger partial charge in [0, 0.05) is 19.7 Å². The molecule has 0 saturated heterocycles. The van der Waals surface area contributed by atoms with E-state index < -0.39 is 0 Å². The van der Waals surface area contributed by atoms with Crippen molar-refractivity contribution in [3.63, 3.8) is 0 Å². The smallest absolute Gasteiger partial charge is 0.260 e. The van der Waals surface area contributed by atoms with Crippen LogP contribution < -0.4 is 14.2 Å². The monoisotopic (exact) mass is 253 g/mol. The topological polar surface area (TPSA) is 68.2 Å². The molecule has 1 aromatic carbocycles. The second-order valence-corrected chi connectivity index (χ2v) is 3.84. The standard InChI is InChI=1S/C12H15NO5/c1-13(4-5-14)12(15)7-16-9-2-3-10-11(6-9)18-8-17-10/h2-3,6,14H,4-5,7-8H2,1H3. The van der Waals surface area contributed by atoms with E-state index in [4.69, 9.17) is 19.3 Å². The van der Waals surface area contributed by atoms with Crippen LogP contribution in [0.25, 0.3) is 0 Å². The van der Waals surface area contributed by atoms with E-state index in [0.717, 1.165) is 0 Å². The van der Waals surface area contributed by atoms with Crippen LogP contribution in [0, 0.1) is 0 Å². The first kappa shape index (κ1) is 12.5. The minimum Gasteiger partial charge on any atom is -0.484 e. The lowest BCUT2D eigenvalue weighted by molar-refractivity contribution is -0.132. The maximum atomic E-state index is 11.6. The molecule has 18 heavy (non-hydrogen) atoms. The second kappa shape index (κ2) is 5.59. The zero-order chi connectivity index (χ0) is 13.0. The third kappa shape index (κ3) is 2.84. The molecule has 0 saturated carbocycles. The van der Waals surface area contributed by atoms with Crippen molar-refractivity contribution in [2.24, 2.45) is 0 Å². The van der Waals surface area contributed by atoms with Crippen molar-refractivity contribution in [3.8, 4) is 17.2 Å². The molecular weight excluding hydrogens is 238 g/mol. The van der Waals surface area contributed by atoms with E-state index >= 15 is 0 Å². The Balaban J connectivity index is 1.88. The number of aliphatic hydroxyl groups is 1. The molecule has 98 valence electrons. The highest BCUT2D eigenvalue weighted by molar-refractivity contribution is 5.77. The predicted octanol–water partition coefficient (Wildman–Crippen LogP) is 0.245. The average Bonchev–Trinajstić information content (AvgIpc) is 2.83. The van der Waals surface area contributed by atoms with Gasteiger partial charge in [0.15, 0.2) is 18.1 Å². The van der Waals surface area contributed by atoms with Crippen molar-refractivity contribution >= 4 is 5.91 Å². The van der Waals surface area contributed by atoms with Crippen LogP contribution in [0.4, 0.5) is 0 Å². The maximum absolute atomic E-state index is 11.6. The van der Waals surface area contributed by atoms with E-state index in [1.807, 2.05) is 0 Å². The highest BCUT2D eigenvalue weighted by atomic mass is 16.7. The van der Waals surface area contributed by atoms with Crippen molar-refractivity contribution in [1.82, 2.24) is 4.90 Å². The lowest BCUT2D eigenvalue weighted by atomic mass is 10.3. The number of likely N-dealkylation sites (N-methyl/N-ethyl adjacent to an activating group) is 1. The Labute approximate surface area is 105 Å². The van der Waals surface area contributed by atoms with Crippen LogP contribution in [0.3, 0.4) is 0 Å². The summed E-state index contributed by atoms with van der Waals surface area (Å²) >= 11 is 0. The van der Waals surface area contributed by atoms with Gasteiger partial charge in [0.2, 0.25) is 6.79 Å². The number of ether oxygens (including phenoxy) is 3. The summed E-state index contributed by atoms with van der Waals surface area (Å²) in [4.78, 5) is 13.0. The number of amides is 1. The summed E-state index contributed by atoms with van der Waals surface area (Å²) in [5, 5.41) is 8.71. The normalized spacial score (nSPS) is 12.3. The summed E-state index contributed by atoms with van der Waals surface area (Å²) in [5.41, 5.74) is 0. The van der Waals surface area contributed by atoms with Crippen molar-refractivity contribution < 1.29 is 24.1 Å². The van der Waals surface area contributed by atoms with Crippen LogP contribution >= 0.6 is 0 Å². The Morgan fingerprint density at radius 3 is 3.00 bits per heavy atom. The van der Waals surface area contributed by atoms with Gasteiger partial charge in [-0.2, -0.15) is 0 Å². The van der Waals surface area contributed by atoms with Crippen LogP contribution in [-0.4, -0.2) is 49.5 Å². The van der Waals surface area contributed by atoms with E-state index in [9.17, 15) is 4.79 Å². The van der Waals surface area contributed by atoms with E-state index in [0.29, 0.717) is 23.8 Å². The van der Waals surface area contributed by atoms with Gasteiger partial charge in [-0.05, 0) is 12.1 Å². The van der Waals surface area contributed by atoms with Gasteiger partial charge < -0.3 is 24.2 Å². The molecule has 6 heteroatoms. The minimum atomic E-state index is -0.193. The minimum absolute atomic E-state index is 0.0632. The summed E-state index contributed by atoms with van der Waals surface area (Å²) in [7, 11) is 1.61. The fourth-order valence-corrected chi connectivity index (χ4v) is 1.50. The number of hydrogen-bond donors (Lipinski definition) is 1. The molecule has 0 radical (unpaired) electrons. The number of rotatable bonds is 5. The van der Waals surface area contributed by atoms with Gasteiger partial charge in [-0.15, -0.1) is 0 Å². The first-order valence-corrected chi connectivity index (χ1v) is 5.58. The number of carbonyl (C=O) groups excluding carboxylic acids is 1. The number of nitrogens with zero attached hydrogens (tertiary/aromatic N) is 1. The van der Waals surface area contributed by atoms with Crippen molar-refractivity contribution in [3.05, 3.63) is 18.2 Å². The summed E-state index contributed by atoms with van der Waals surface area (Å²) in [5.74, 6) is 1.64. The lowest BCUT2D eigenvalue weighted by Crippen LogP contribution is -2.33. The van der Waals surface area contributed by atoms with Crippen molar-refractivity contribution in [2.45, 2.75) is 0 Å². The number of benzene rings is 1. The molecule has 2 rings (SSSR count). The van der Waals surface area contributed by atoms with Gasteiger partial charge in [0.25, 0.3) is 5.91 Å². The molecule has 0 aromatic heterocycles. The first-order chi connectivity index (χ1) is 8.70. The first-order valence-electron chi connectivity index (χ1n) is 5.58. The third-order valence-electron chi connectivity index (χ3n) is 2.57. The molecule has 1 amide bonds. The second-order valence-electron chi connectivity index (χ2n) is 3.84. The number of hydrogen-bond acceptors (Lipinski definition) is 5. The summed E-state index contributed by atoms with van der Waals surface area (Å²) in [6, 6.07) is 5.13. The Morgan fingerprint density at radius 1 is 1.44 bits per heavy atom. The third-order valence-corrected chi connectivity index (χ3v) is 2.57. The Kier molecular flexibility index (Phi) is 3.88. The van der Waals surface area contributed by atoms with Gasteiger partial charge in [-0.25, -0.2) is 0 Å². The zero-order valence-electron chi connectivity index (χ0n) is 10.1. The molecule has 6 nitrogen and oxygen atoms in total. The molecular formula is C12H15NO5. The molecule has 1 aliphatic heterocycles.